The van der Waals surface area contributed by atoms with Crippen LogP contribution in [0.1, 0.15) is 11.1 Å². The van der Waals surface area contributed by atoms with Gasteiger partial charge < -0.3 is 30.9 Å². The van der Waals surface area contributed by atoms with Crippen molar-refractivity contribution in [1.82, 2.24) is 20.6 Å². The molecule has 200 valence electrons. The normalized spacial score (nSPS) is 18.4. The molecule has 3 heterocycles. The molecule has 0 spiro atoms. The number of nitrogens with zero attached hydrogens (tertiary/aromatic N) is 3. The maximum Gasteiger partial charge on any atom is 0.387 e. The molecule has 0 bridgehead atoms. The molecule has 2 unspecified atom stereocenters. The Morgan fingerprint density at radius 3 is 2.71 bits per heavy atom. The molecule has 4 N–H and O–H groups in total. The highest BCUT2D eigenvalue weighted by Crippen LogP contribution is 2.37. The fourth-order valence-corrected chi connectivity index (χ4v) is 5.13. The van der Waals surface area contributed by atoms with Gasteiger partial charge >= 0.3 is 6.61 Å². The molecule has 0 aliphatic carbocycles. The van der Waals surface area contributed by atoms with E-state index in [0.717, 1.165) is 48.7 Å². The Kier molecular flexibility index (Phi) is 7.75. The Hall–Kier alpha value is -3.70. The van der Waals surface area contributed by atoms with Crippen LogP contribution >= 0.6 is 11.6 Å². The number of rotatable bonds is 10. The van der Waals surface area contributed by atoms with Gasteiger partial charge in [-0.25, -0.2) is 4.98 Å². The summed E-state index contributed by atoms with van der Waals surface area (Å²) < 4.78 is 31.4. The maximum atomic E-state index is 13.3. The number of amides is 1. The average molecular weight is 544 g/mol. The number of fused-ring (bicyclic) bond motifs is 1. The van der Waals surface area contributed by atoms with Gasteiger partial charge in [-0.3, -0.25) is 4.79 Å². The van der Waals surface area contributed by atoms with E-state index < -0.39 is 6.61 Å². The van der Waals surface area contributed by atoms with Crippen LogP contribution in [-0.2, 0) is 11.3 Å². The van der Waals surface area contributed by atoms with E-state index in [1.807, 2.05) is 31.2 Å². The summed E-state index contributed by atoms with van der Waals surface area (Å²) in [4.78, 5) is 21.6. The molecule has 2 saturated heterocycles. The highest BCUT2D eigenvalue weighted by Gasteiger charge is 2.36. The second-order valence-corrected chi connectivity index (χ2v) is 9.78. The van der Waals surface area contributed by atoms with Crippen molar-refractivity contribution in [3.05, 3.63) is 58.7 Å². The molecule has 9 nitrogen and oxygen atoms in total. The van der Waals surface area contributed by atoms with Crippen molar-refractivity contribution in [3.8, 4) is 5.75 Å². The first-order chi connectivity index (χ1) is 18.4. The summed E-state index contributed by atoms with van der Waals surface area (Å²) in [6.45, 7) is 3.02. The van der Waals surface area contributed by atoms with E-state index in [1.165, 1.54) is 6.20 Å². The Morgan fingerprint density at radius 1 is 1.18 bits per heavy atom. The Balaban J connectivity index is 1.36. The first kappa shape index (κ1) is 25.9. The lowest BCUT2D eigenvalue weighted by Gasteiger charge is -2.22. The summed E-state index contributed by atoms with van der Waals surface area (Å²) >= 11 is 6.35. The number of benzene rings is 2. The van der Waals surface area contributed by atoms with E-state index in [9.17, 15) is 13.6 Å². The third kappa shape index (κ3) is 5.73. The number of carbonyl (C=O) groups excluding carboxylic acids is 1. The minimum absolute atomic E-state index is 0.00645. The van der Waals surface area contributed by atoms with Crippen molar-refractivity contribution in [2.75, 3.05) is 41.7 Å². The molecule has 5 rings (SSSR count). The quantitative estimate of drug-likeness (QED) is 0.279. The van der Waals surface area contributed by atoms with Crippen LogP contribution in [0.15, 0.2) is 42.6 Å². The molecule has 0 radical (unpaired) electrons. The zero-order chi connectivity index (χ0) is 26.6. The van der Waals surface area contributed by atoms with Crippen LogP contribution in [0.25, 0.3) is 0 Å². The zero-order valence-corrected chi connectivity index (χ0v) is 21.4. The number of alkyl halides is 2. The van der Waals surface area contributed by atoms with Crippen molar-refractivity contribution in [2.24, 2.45) is 11.8 Å². The van der Waals surface area contributed by atoms with Crippen LogP contribution in [-0.4, -0.2) is 49.2 Å². The number of carbonyl (C=O) groups is 1. The predicted molar refractivity (Wildman–Crippen MR) is 143 cm³/mol. The third-order valence-electron chi connectivity index (χ3n) is 7.00. The van der Waals surface area contributed by atoms with Gasteiger partial charge in [0, 0.05) is 50.2 Å². The number of ether oxygens (including phenoxy) is 1. The lowest BCUT2D eigenvalue weighted by atomic mass is 10.0. The third-order valence-corrected chi connectivity index (χ3v) is 7.28. The predicted octanol–water partition coefficient (Wildman–Crippen LogP) is 4.43. The molecule has 2 aliphatic heterocycles. The smallest absolute Gasteiger partial charge is 0.387 e. The first-order valence-corrected chi connectivity index (χ1v) is 12.7. The van der Waals surface area contributed by atoms with Crippen molar-refractivity contribution in [2.45, 2.75) is 20.1 Å². The number of hydrogen-bond acceptors (Lipinski definition) is 8. The van der Waals surface area contributed by atoms with E-state index in [-0.39, 0.29) is 16.7 Å². The molecule has 3 aromatic rings. The second kappa shape index (κ2) is 11.4. The van der Waals surface area contributed by atoms with Crippen LogP contribution in [0.2, 0.25) is 5.02 Å². The minimum atomic E-state index is -2.99. The van der Waals surface area contributed by atoms with Crippen LogP contribution in [0, 0.1) is 18.8 Å². The summed E-state index contributed by atoms with van der Waals surface area (Å²) in [6, 6.07) is 10.8. The highest BCUT2D eigenvalue weighted by molar-refractivity contribution is 6.32. The number of halogens is 3. The van der Waals surface area contributed by atoms with Crippen LogP contribution in [0.5, 0.6) is 5.75 Å². The van der Waals surface area contributed by atoms with E-state index in [1.54, 1.807) is 12.1 Å². The zero-order valence-electron chi connectivity index (χ0n) is 20.7. The van der Waals surface area contributed by atoms with Gasteiger partial charge in [-0.2, -0.15) is 13.8 Å². The van der Waals surface area contributed by atoms with Crippen molar-refractivity contribution in [3.63, 3.8) is 0 Å². The van der Waals surface area contributed by atoms with Gasteiger partial charge in [0.05, 0.1) is 11.9 Å². The molecular weight excluding hydrogens is 516 g/mol. The standard InChI is InChI=1S/C26H28ClF2N7O2/c1-15-16(8-31-14-37)3-2-4-21(15)33-24-20(27)11-32-26(35-24)34-22-6-5-19(7-23(22)38-25(28)29)36-12-17-9-30-10-18(17)13-36/h2-7,11,14,17-18,25,30H,8-10,12-13H2,1H3,(H,31,37)(H2,32,33,34,35). The SMILES string of the molecule is Cc1c(CNC=O)cccc1Nc1nc(Nc2ccc(N3CC4CNCC4C3)cc2OC(F)F)ncc1Cl. The van der Waals surface area contributed by atoms with Gasteiger partial charge in [0.1, 0.15) is 5.02 Å². The van der Waals surface area contributed by atoms with Crippen LogP contribution in [0.4, 0.5) is 37.6 Å². The van der Waals surface area contributed by atoms with E-state index in [4.69, 9.17) is 16.3 Å². The maximum absolute atomic E-state index is 13.3. The molecule has 1 aromatic heterocycles. The monoisotopic (exact) mass is 543 g/mol. The van der Waals surface area contributed by atoms with Gasteiger partial charge in [-0.1, -0.05) is 23.7 Å². The lowest BCUT2D eigenvalue weighted by molar-refractivity contribution is -0.109. The molecule has 38 heavy (non-hydrogen) atoms. The number of anilines is 5. The van der Waals surface area contributed by atoms with E-state index in [0.29, 0.717) is 36.3 Å². The Bertz CT molecular complexity index is 1300. The van der Waals surface area contributed by atoms with Crippen molar-refractivity contribution < 1.29 is 18.3 Å². The largest absolute Gasteiger partial charge is 0.433 e. The molecule has 0 saturated carbocycles. The number of aromatic nitrogens is 2. The molecular formula is C26H28ClF2N7O2. The molecule has 1 amide bonds. The number of nitrogens with one attached hydrogen (secondary N) is 4. The summed E-state index contributed by atoms with van der Waals surface area (Å²) in [5.74, 6) is 1.62. The molecule has 2 aliphatic rings. The number of hydrogen-bond donors (Lipinski definition) is 4. The fraction of sp³-hybridized carbons (Fsp3) is 0.346. The Labute approximate surface area is 223 Å². The highest BCUT2D eigenvalue weighted by atomic mass is 35.5. The first-order valence-electron chi connectivity index (χ1n) is 12.3. The summed E-state index contributed by atoms with van der Waals surface area (Å²) in [6.07, 6.45) is 2.07. The van der Waals surface area contributed by atoms with Gasteiger partial charge in [-0.05, 0) is 48.1 Å². The lowest BCUT2D eigenvalue weighted by Crippen LogP contribution is -2.25. The van der Waals surface area contributed by atoms with E-state index in [2.05, 4.69) is 36.1 Å². The molecule has 12 heteroatoms. The fourth-order valence-electron chi connectivity index (χ4n) is 5.00. The summed E-state index contributed by atoms with van der Waals surface area (Å²) in [7, 11) is 0. The second-order valence-electron chi connectivity index (χ2n) is 9.37. The average Bonchev–Trinajstić information content (AvgIpc) is 3.50. The molecule has 2 fully saturated rings. The molecule has 2 aromatic carbocycles. The van der Waals surface area contributed by atoms with Gasteiger partial charge in [-0.15, -0.1) is 0 Å². The Morgan fingerprint density at radius 2 is 1.97 bits per heavy atom. The van der Waals surface area contributed by atoms with Gasteiger partial charge in [0.15, 0.2) is 11.6 Å². The van der Waals surface area contributed by atoms with Crippen molar-refractivity contribution >= 4 is 46.8 Å². The summed E-state index contributed by atoms with van der Waals surface area (Å²) in [5.41, 5.74) is 3.73. The van der Waals surface area contributed by atoms with Gasteiger partial charge in [0.25, 0.3) is 0 Å². The summed E-state index contributed by atoms with van der Waals surface area (Å²) in [5, 5.41) is 12.5. The van der Waals surface area contributed by atoms with Crippen LogP contribution < -0.4 is 30.9 Å². The van der Waals surface area contributed by atoms with Crippen LogP contribution in [0.3, 0.4) is 0 Å². The topological polar surface area (TPSA) is 103 Å². The van der Waals surface area contributed by atoms with Gasteiger partial charge in [0.2, 0.25) is 12.4 Å². The van der Waals surface area contributed by atoms with Crippen molar-refractivity contribution in [1.29, 1.82) is 0 Å². The molecule has 2 atom stereocenters. The minimum Gasteiger partial charge on any atom is -0.433 e. The van der Waals surface area contributed by atoms with E-state index >= 15 is 0 Å².